The molecule has 1 heterocycles. The molecule has 1 N–H and O–H groups in total. The van der Waals surface area contributed by atoms with Gasteiger partial charge in [-0.3, -0.25) is 9.78 Å². The Bertz CT molecular complexity index is 209. The molecule has 0 aliphatic heterocycles. The van der Waals surface area contributed by atoms with E-state index in [0.717, 1.165) is 6.92 Å². The van der Waals surface area contributed by atoms with E-state index in [9.17, 15) is 4.39 Å². The molecule has 0 spiro atoms. The molecule has 0 aliphatic carbocycles. The van der Waals surface area contributed by atoms with Gasteiger partial charge in [-0.05, 0) is 12.1 Å². The van der Waals surface area contributed by atoms with Gasteiger partial charge in [0.15, 0.2) is 0 Å². The first-order valence-corrected chi connectivity index (χ1v) is 2.88. The molecule has 60 valence electrons. The van der Waals surface area contributed by atoms with Crippen molar-refractivity contribution in [1.29, 1.82) is 0 Å². The second-order valence-electron chi connectivity index (χ2n) is 1.68. The van der Waals surface area contributed by atoms with Gasteiger partial charge >= 0.3 is 0 Å². The molecular weight excluding hydrogens is 149 g/mol. The predicted molar refractivity (Wildman–Crippen MR) is 37.5 cm³/mol. The van der Waals surface area contributed by atoms with E-state index in [4.69, 9.17) is 9.90 Å². The Morgan fingerprint density at radius 1 is 1.55 bits per heavy atom. The highest BCUT2D eigenvalue weighted by Crippen LogP contribution is 1.88. The SMILES string of the molecule is CC(=O)O.Fc1ccncc1. The molecule has 0 aromatic carbocycles. The van der Waals surface area contributed by atoms with Crippen LogP contribution < -0.4 is 0 Å². The van der Waals surface area contributed by atoms with Gasteiger partial charge in [-0.1, -0.05) is 0 Å². The number of carboxylic acid groups (broad SMARTS) is 1. The lowest BCUT2D eigenvalue weighted by atomic mass is 10.5. The minimum atomic E-state index is -0.833. The van der Waals surface area contributed by atoms with Crippen molar-refractivity contribution in [3.8, 4) is 0 Å². The van der Waals surface area contributed by atoms with E-state index in [0.29, 0.717) is 0 Å². The number of hydrogen-bond donors (Lipinski definition) is 1. The van der Waals surface area contributed by atoms with Crippen molar-refractivity contribution >= 4 is 5.97 Å². The van der Waals surface area contributed by atoms with Crippen molar-refractivity contribution in [3.05, 3.63) is 30.3 Å². The van der Waals surface area contributed by atoms with Gasteiger partial charge in [-0.25, -0.2) is 4.39 Å². The van der Waals surface area contributed by atoms with Gasteiger partial charge in [0.25, 0.3) is 5.97 Å². The normalized spacial score (nSPS) is 7.82. The molecule has 0 fully saturated rings. The lowest BCUT2D eigenvalue weighted by Gasteiger charge is -1.78. The summed E-state index contributed by atoms with van der Waals surface area (Å²) < 4.78 is 11.9. The number of rotatable bonds is 0. The van der Waals surface area contributed by atoms with Crippen molar-refractivity contribution in [2.24, 2.45) is 0 Å². The molecule has 4 heteroatoms. The molecule has 0 saturated carbocycles. The van der Waals surface area contributed by atoms with Crippen LogP contribution in [0.2, 0.25) is 0 Å². The quantitative estimate of drug-likeness (QED) is 0.617. The van der Waals surface area contributed by atoms with Crippen LogP contribution in [0.15, 0.2) is 24.5 Å². The highest BCUT2D eigenvalue weighted by molar-refractivity contribution is 5.62. The average molecular weight is 157 g/mol. The fraction of sp³-hybridized carbons (Fsp3) is 0.143. The third-order valence-corrected chi connectivity index (χ3v) is 0.640. The molecule has 1 aromatic heterocycles. The number of aliphatic carboxylic acids is 1. The summed E-state index contributed by atoms with van der Waals surface area (Å²) in [6.45, 7) is 1.08. The van der Waals surface area contributed by atoms with Gasteiger partial charge in [0.1, 0.15) is 5.82 Å². The van der Waals surface area contributed by atoms with Gasteiger partial charge in [0.05, 0.1) is 0 Å². The predicted octanol–water partition coefficient (Wildman–Crippen LogP) is 1.31. The number of aromatic nitrogens is 1. The largest absolute Gasteiger partial charge is 0.481 e. The minimum Gasteiger partial charge on any atom is -0.481 e. The van der Waals surface area contributed by atoms with Crippen molar-refractivity contribution < 1.29 is 14.3 Å². The molecular formula is C7H8FNO2. The highest BCUT2D eigenvalue weighted by Gasteiger charge is 1.78. The number of nitrogens with zero attached hydrogens (tertiary/aromatic N) is 1. The second kappa shape index (κ2) is 5.34. The van der Waals surface area contributed by atoms with E-state index < -0.39 is 5.97 Å². The van der Waals surface area contributed by atoms with Gasteiger partial charge in [-0.2, -0.15) is 0 Å². The summed E-state index contributed by atoms with van der Waals surface area (Å²) >= 11 is 0. The zero-order valence-corrected chi connectivity index (χ0v) is 5.99. The lowest BCUT2D eigenvalue weighted by Crippen LogP contribution is -1.78. The summed E-state index contributed by atoms with van der Waals surface area (Å²) in [5.74, 6) is -1.07. The van der Waals surface area contributed by atoms with Crippen molar-refractivity contribution in [3.63, 3.8) is 0 Å². The maximum absolute atomic E-state index is 11.9. The maximum atomic E-state index is 11.9. The van der Waals surface area contributed by atoms with Crippen molar-refractivity contribution in [1.82, 2.24) is 4.98 Å². The molecule has 0 radical (unpaired) electrons. The first-order valence-electron chi connectivity index (χ1n) is 2.88. The smallest absolute Gasteiger partial charge is 0.300 e. The Labute approximate surface area is 63.5 Å². The van der Waals surface area contributed by atoms with Crippen molar-refractivity contribution in [2.75, 3.05) is 0 Å². The Kier molecular flexibility index (Phi) is 4.64. The molecule has 11 heavy (non-hydrogen) atoms. The van der Waals surface area contributed by atoms with Crippen LogP contribution in [0.3, 0.4) is 0 Å². The summed E-state index contributed by atoms with van der Waals surface area (Å²) in [7, 11) is 0. The van der Waals surface area contributed by atoms with E-state index in [1.807, 2.05) is 0 Å². The molecule has 0 amide bonds. The average Bonchev–Trinajstić information content (AvgIpc) is 1.87. The summed E-state index contributed by atoms with van der Waals surface area (Å²) in [6, 6.07) is 2.61. The summed E-state index contributed by atoms with van der Waals surface area (Å²) in [5.41, 5.74) is 0. The van der Waals surface area contributed by atoms with Crippen LogP contribution in [0, 0.1) is 5.82 Å². The van der Waals surface area contributed by atoms with E-state index in [2.05, 4.69) is 4.98 Å². The Morgan fingerprint density at radius 3 is 2.09 bits per heavy atom. The van der Waals surface area contributed by atoms with Crippen LogP contribution in [0.4, 0.5) is 4.39 Å². The van der Waals surface area contributed by atoms with Crippen LogP contribution in [0.5, 0.6) is 0 Å². The highest BCUT2D eigenvalue weighted by atomic mass is 19.1. The Morgan fingerprint density at radius 2 is 1.91 bits per heavy atom. The van der Waals surface area contributed by atoms with Gasteiger partial charge in [0.2, 0.25) is 0 Å². The third-order valence-electron chi connectivity index (χ3n) is 0.640. The standard InChI is InChI=1S/C5H4FN.C2H4O2/c6-5-1-3-7-4-2-5;1-2(3)4/h1-4H;1H3,(H,3,4). The van der Waals surface area contributed by atoms with Crippen LogP contribution >= 0.6 is 0 Å². The molecule has 0 unspecified atom stereocenters. The molecule has 0 atom stereocenters. The molecule has 3 nitrogen and oxygen atoms in total. The zero-order chi connectivity index (χ0) is 8.69. The monoisotopic (exact) mass is 157 g/mol. The zero-order valence-electron chi connectivity index (χ0n) is 5.99. The number of carbonyl (C=O) groups is 1. The third kappa shape index (κ3) is 8.55. The van der Waals surface area contributed by atoms with E-state index in [1.165, 1.54) is 24.5 Å². The van der Waals surface area contributed by atoms with E-state index in [1.54, 1.807) is 0 Å². The minimum absolute atomic E-state index is 0.241. The fourth-order valence-corrected chi connectivity index (χ4v) is 0.334. The maximum Gasteiger partial charge on any atom is 0.300 e. The molecule has 0 saturated heterocycles. The molecule has 0 bridgehead atoms. The van der Waals surface area contributed by atoms with Gasteiger partial charge in [-0.15, -0.1) is 0 Å². The van der Waals surface area contributed by atoms with Gasteiger partial charge < -0.3 is 5.11 Å². The van der Waals surface area contributed by atoms with Crippen LogP contribution in [0.1, 0.15) is 6.92 Å². The first-order chi connectivity index (χ1) is 5.13. The number of carboxylic acids is 1. The van der Waals surface area contributed by atoms with Crippen LogP contribution in [-0.4, -0.2) is 16.1 Å². The second-order valence-corrected chi connectivity index (χ2v) is 1.68. The number of hydrogen-bond acceptors (Lipinski definition) is 2. The topological polar surface area (TPSA) is 50.2 Å². The Hall–Kier alpha value is -1.45. The summed E-state index contributed by atoms with van der Waals surface area (Å²) in [5, 5.41) is 7.42. The summed E-state index contributed by atoms with van der Waals surface area (Å²) in [6.07, 6.45) is 2.82. The first kappa shape index (κ1) is 9.55. The number of halogens is 1. The van der Waals surface area contributed by atoms with E-state index >= 15 is 0 Å². The molecule has 1 aromatic rings. The van der Waals surface area contributed by atoms with Crippen LogP contribution in [-0.2, 0) is 4.79 Å². The fourth-order valence-electron chi connectivity index (χ4n) is 0.334. The van der Waals surface area contributed by atoms with Crippen molar-refractivity contribution in [2.45, 2.75) is 6.92 Å². The van der Waals surface area contributed by atoms with Gasteiger partial charge in [0, 0.05) is 19.3 Å². The van der Waals surface area contributed by atoms with Crippen LogP contribution in [0.25, 0.3) is 0 Å². The lowest BCUT2D eigenvalue weighted by molar-refractivity contribution is -0.134. The Balaban J connectivity index is 0.000000218. The summed E-state index contributed by atoms with van der Waals surface area (Å²) in [4.78, 5) is 12.6. The molecule has 0 aliphatic rings. The van der Waals surface area contributed by atoms with E-state index in [-0.39, 0.29) is 5.82 Å². The molecule has 1 rings (SSSR count). The number of pyridine rings is 1.